The summed E-state index contributed by atoms with van der Waals surface area (Å²) in [5.41, 5.74) is 0.998. The van der Waals surface area contributed by atoms with Gasteiger partial charge in [0.05, 0.1) is 0 Å². The van der Waals surface area contributed by atoms with Crippen molar-refractivity contribution in [3.63, 3.8) is 0 Å². The molecule has 0 aliphatic heterocycles. The molecule has 0 aliphatic rings. The highest BCUT2D eigenvalue weighted by molar-refractivity contribution is 5.79. The molecule has 0 saturated heterocycles. The number of unbranched alkanes of at least 4 members (excludes halogenated alkanes) is 1. The number of benzene rings is 1. The van der Waals surface area contributed by atoms with Gasteiger partial charge >= 0.3 is 0 Å². The normalized spacial score (nSPS) is 11.8. The molecule has 4 nitrogen and oxygen atoms in total. The lowest BCUT2D eigenvalue weighted by Gasteiger charge is -2.17. The van der Waals surface area contributed by atoms with E-state index in [1.807, 2.05) is 6.07 Å². The van der Waals surface area contributed by atoms with Crippen molar-refractivity contribution in [2.75, 3.05) is 39.3 Å². The van der Waals surface area contributed by atoms with Crippen LogP contribution in [0.1, 0.15) is 39.2 Å². The lowest BCUT2D eigenvalue weighted by atomic mass is 10.1. The molecule has 0 fully saturated rings. The van der Waals surface area contributed by atoms with Gasteiger partial charge in [-0.3, -0.25) is 4.99 Å². The van der Waals surface area contributed by atoms with Crippen molar-refractivity contribution in [2.24, 2.45) is 4.99 Å². The Morgan fingerprint density at radius 3 is 2.58 bits per heavy atom. The molecule has 2 N–H and O–H groups in total. The van der Waals surface area contributed by atoms with E-state index in [9.17, 15) is 4.39 Å². The maximum Gasteiger partial charge on any atom is 0.191 e. The van der Waals surface area contributed by atoms with Crippen LogP contribution in [0.5, 0.6) is 0 Å². The summed E-state index contributed by atoms with van der Waals surface area (Å²) in [7, 11) is 0. The molecule has 0 heterocycles. The lowest BCUT2D eigenvalue weighted by molar-refractivity contribution is 0.297. The van der Waals surface area contributed by atoms with E-state index < -0.39 is 0 Å². The zero-order valence-corrected chi connectivity index (χ0v) is 15.4. The van der Waals surface area contributed by atoms with Crippen LogP contribution in [-0.4, -0.2) is 50.1 Å². The van der Waals surface area contributed by atoms with E-state index >= 15 is 0 Å². The number of nitrogens with zero attached hydrogens (tertiary/aromatic N) is 2. The molecule has 0 atom stereocenters. The maximum atomic E-state index is 13.2. The fourth-order valence-electron chi connectivity index (χ4n) is 2.54. The molecule has 0 amide bonds. The third kappa shape index (κ3) is 8.87. The number of rotatable bonds is 11. The SMILES string of the molecule is CCNC(=NCCCCN(CC)CC)NCCc1cccc(F)c1. The van der Waals surface area contributed by atoms with Gasteiger partial charge in [0.15, 0.2) is 5.96 Å². The van der Waals surface area contributed by atoms with E-state index in [0.29, 0.717) is 0 Å². The van der Waals surface area contributed by atoms with Crippen molar-refractivity contribution in [1.82, 2.24) is 15.5 Å². The van der Waals surface area contributed by atoms with Gasteiger partial charge in [0.2, 0.25) is 0 Å². The first-order valence-corrected chi connectivity index (χ1v) is 9.18. The van der Waals surface area contributed by atoms with E-state index in [1.165, 1.54) is 12.5 Å². The number of aliphatic imine (C=N–C) groups is 1. The van der Waals surface area contributed by atoms with E-state index in [1.54, 1.807) is 12.1 Å². The van der Waals surface area contributed by atoms with Crippen LogP contribution in [-0.2, 0) is 6.42 Å². The number of hydrogen-bond donors (Lipinski definition) is 2. The van der Waals surface area contributed by atoms with Gasteiger partial charge in [-0.2, -0.15) is 0 Å². The monoisotopic (exact) mass is 336 g/mol. The minimum Gasteiger partial charge on any atom is -0.357 e. The highest BCUT2D eigenvalue weighted by atomic mass is 19.1. The molecular formula is C19H33FN4. The van der Waals surface area contributed by atoms with Crippen molar-refractivity contribution in [3.05, 3.63) is 35.6 Å². The van der Waals surface area contributed by atoms with E-state index in [2.05, 4.69) is 41.3 Å². The van der Waals surface area contributed by atoms with Crippen LogP contribution in [0.2, 0.25) is 0 Å². The predicted octanol–water partition coefficient (Wildman–Crippen LogP) is 3.05. The third-order valence-electron chi connectivity index (χ3n) is 3.99. The molecule has 24 heavy (non-hydrogen) atoms. The average Bonchev–Trinajstić information content (AvgIpc) is 2.58. The van der Waals surface area contributed by atoms with E-state index in [4.69, 9.17) is 0 Å². The molecule has 0 saturated carbocycles. The molecule has 0 radical (unpaired) electrons. The fraction of sp³-hybridized carbons (Fsp3) is 0.632. The number of nitrogens with one attached hydrogen (secondary N) is 2. The molecule has 0 aliphatic carbocycles. The Labute approximate surface area is 146 Å². The fourth-order valence-corrected chi connectivity index (χ4v) is 2.54. The Kier molecular flexibility index (Phi) is 10.9. The Balaban J connectivity index is 2.29. The van der Waals surface area contributed by atoms with Gasteiger partial charge in [-0.1, -0.05) is 26.0 Å². The minimum atomic E-state index is -0.179. The zero-order valence-electron chi connectivity index (χ0n) is 15.4. The zero-order chi connectivity index (χ0) is 17.6. The largest absolute Gasteiger partial charge is 0.357 e. The number of halogens is 1. The summed E-state index contributed by atoms with van der Waals surface area (Å²) >= 11 is 0. The van der Waals surface area contributed by atoms with Crippen molar-refractivity contribution in [3.8, 4) is 0 Å². The molecule has 1 aromatic rings. The molecule has 136 valence electrons. The molecule has 1 aromatic carbocycles. The second kappa shape index (κ2) is 12.8. The Hall–Kier alpha value is -1.62. The summed E-state index contributed by atoms with van der Waals surface area (Å²) in [5.74, 6) is 0.665. The van der Waals surface area contributed by atoms with Crippen LogP contribution >= 0.6 is 0 Å². The third-order valence-corrected chi connectivity index (χ3v) is 3.99. The molecule has 5 heteroatoms. The number of hydrogen-bond acceptors (Lipinski definition) is 2. The van der Waals surface area contributed by atoms with Gasteiger partial charge in [-0.25, -0.2) is 4.39 Å². The Morgan fingerprint density at radius 1 is 1.12 bits per heavy atom. The Morgan fingerprint density at radius 2 is 1.92 bits per heavy atom. The summed E-state index contributed by atoms with van der Waals surface area (Å²) < 4.78 is 13.2. The van der Waals surface area contributed by atoms with Gasteiger partial charge in [-0.15, -0.1) is 0 Å². The topological polar surface area (TPSA) is 39.7 Å². The summed E-state index contributed by atoms with van der Waals surface area (Å²) in [6.07, 6.45) is 3.05. The first kappa shape index (κ1) is 20.4. The highest BCUT2D eigenvalue weighted by Gasteiger charge is 2.00. The predicted molar refractivity (Wildman–Crippen MR) is 101 cm³/mol. The lowest BCUT2D eigenvalue weighted by Crippen LogP contribution is -2.38. The quantitative estimate of drug-likeness (QED) is 0.371. The van der Waals surface area contributed by atoms with Crippen LogP contribution in [0.25, 0.3) is 0 Å². The van der Waals surface area contributed by atoms with Gasteiger partial charge in [0.1, 0.15) is 5.82 Å². The summed E-state index contributed by atoms with van der Waals surface area (Å²) in [4.78, 5) is 7.05. The number of guanidine groups is 1. The second-order valence-electron chi connectivity index (χ2n) is 5.80. The van der Waals surface area contributed by atoms with Crippen molar-refractivity contribution >= 4 is 5.96 Å². The molecular weight excluding hydrogens is 303 g/mol. The van der Waals surface area contributed by atoms with Crippen LogP contribution in [0.3, 0.4) is 0 Å². The summed E-state index contributed by atoms with van der Waals surface area (Å²) in [5, 5.41) is 6.57. The molecule has 0 spiro atoms. The van der Waals surface area contributed by atoms with Crippen LogP contribution in [0, 0.1) is 5.82 Å². The van der Waals surface area contributed by atoms with Crippen LogP contribution < -0.4 is 10.6 Å². The first-order valence-electron chi connectivity index (χ1n) is 9.18. The summed E-state index contributed by atoms with van der Waals surface area (Å²) in [6.45, 7) is 12.3. The van der Waals surface area contributed by atoms with Crippen LogP contribution in [0.4, 0.5) is 4.39 Å². The van der Waals surface area contributed by atoms with Gasteiger partial charge in [-0.05, 0) is 63.5 Å². The standard InChI is InChI=1S/C19H33FN4/c1-4-21-19(22-13-7-8-15-24(5-2)6-3)23-14-12-17-10-9-11-18(20)16-17/h9-11,16H,4-8,12-15H2,1-3H3,(H2,21,22,23). The van der Waals surface area contributed by atoms with Gasteiger partial charge < -0.3 is 15.5 Å². The van der Waals surface area contributed by atoms with Gasteiger partial charge in [0, 0.05) is 19.6 Å². The second-order valence-corrected chi connectivity index (χ2v) is 5.80. The first-order chi connectivity index (χ1) is 11.7. The molecule has 0 unspecified atom stereocenters. The van der Waals surface area contributed by atoms with E-state index in [-0.39, 0.29) is 5.82 Å². The summed E-state index contributed by atoms with van der Waals surface area (Å²) in [6, 6.07) is 6.75. The molecule has 0 aromatic heterocycles. The van der Waals surface area contributed by atoms with Crippen molar-refractivity contribution < 1.29 is 4.39 Å². The Bertz CT molecular complexity index is 472. The van der Waals surface area contributed by atoms with Crippen molar-refractivity contribution in [1.29, 1.82) is 0 Å². The molecule has 1 rings (SSSR count). The smallest absolute Gasteiger partial charge is 0.191 e. The average molecular weight is 336 g/mol. The van der Waals surface area contributed by atoms with Gasteiger partial charge in [0.25, 0.3) is 0 Å². The highest BCUT2D eigenvalue weighted by Crippen LogP contribution is 2.03. The van der Waals surface area contributed by atoms with Crippen molar-refractivity contribution in [2.45, 2.75) is 40.0 Å². The van der Waals surface area contributed by atoms with Crippen LogP contribution in [0.15, 0.2) is 29.3 Å². The maximum absolute atomic E-state index is 13.2. The minimum absolute atomic E-state index is 0.179. The molecule has 0 bridgehead atoms. The van der Waals surface area contributed by atoms with E-state index in [0.717, 1.165) is 63.6 Å².